The van der Waals surface area contributed by atoms with Crippen molar-refractivity contribution in [3.05, 3.63) is 0 Å². The summed E-state index contributed by atoms with van der Waals surface area (Å²) in [7, 11) is 1.74. The van der Waals surface area contributed by atoms with Crippen LogP contribution in [0.3, 0.4) is 0 Å². The van der Waals surface area contributed by atoms with Crippen LogP contribution in [-0.4, -0.2) is 31.7 Å². The smallest absolute Gasteiger partial charge is 0.160 e. The Morgan fingerprint density at radius 2 is 2.00 bits per heavy atom. The molecule has 1 aliphatic heterocycles. The average molecular weight is 240 g/mol. The molecule has 17 heavy (non-hydrogen) atoms. The molecule has 0 aromatic heterocycles. The van der Waals surface area contributed by atoms with Gasteiger partial charge < -0.3 is 14.6 Å². The van der Waals surface area contributed by atoms with Crippen LogP contribution in [0.1, 0.15) is 32.1 Å². The Morgan fingerprint density at radius 1 is 1.18 bits per heavy atom. The SMILES string of the molecule is CO[C@@H]1OC[C@H]2[C@@H](CO)[C@@H]3CCCC[C@H]3C[C@@H]12. The molecule has 2 aliphatic carbocycles. The van der Waals surface area contributed by atoms with E-state index in [1.54, 1.807) is 7.11 Å². The maximum absolute atomic E-state index is 9.74. The second-order valence-electron chi connectivity index (χ2n) is 6.06. The molecule has 1 heterocycles. The highest BCUT2D eigenvalue weighted by Crippen LogP contribution is 2.52. The van der Waals surface area contributed by atoms with Crippen molar-refractivity contribution in [2.45, 2.75) is 38.4 Å². The third kappa shape index (κ3) is 1.92. The average Bonchev–Trinajstić information content (AvgIpc) is 2.78. The summed E-state index contributed by atoms with van der Waals surface area (Å²) in [6.45, 7) is 1.12. The van der Waals surface area contributed by atoms with Gasteiger partial charge in [-0.3, -0.25) is 0 Å². The van der Waals surface area contributed by atoms with Crippen LogP contribution in [0.15, 0.2) is 0 Å². The van der Waals surface area contributed by atoms with Crippen LogP contribution >= 0.6 is 0 Å². The van der Waals surface area contributed by atoms with E-state index in [9.17, 15) is 5.11 Å². The second-order valence-corrected chi connectivity index (χ2v) is 6.06. The van der Waals surface area contributed by atoms with Crippen molar-refractivity contribution in [1.29, 1.82) is 0 Å². The molecule has 0 bridgehead atoms. The first kappa shape index (κ1) is 11.9. The Hall–Kier alpha value is -0.120. The molecule has 0 aromatic carbocycles. The number of methoxy groups -OCH3 is 1. The van der Waals surface area contributed by atoms with Gasteiger partial charge in [-0.1, -0.05) is 19.3 Å². The highest BCUT2D eigenvalue weighted by Gasteiger charge is 2.50. The molecule has 1 saturated heterocycles. The molecule has 0 amide bonds. The molecule has 0 radical (unpaired) electrons. The second kappa shape index (κ2) is 4.87. The summed E-state index contributed by atoms with van der Waals surface area (Å²) >= 11 is 0. The molecule has 0 spiro atoms. The molecular weight excluding hydrogens is 216 g/mol. The van der Waals surface area contributed by atoms with Gasteiger partial charge in [0, 0.05) is 19.6 Å². The van der Waals surface area contributed by atoms with Gasteiger partial charge in [-0.25, -0.2) is 0 Å². The molecule has 3 fully saturated rings. The Morgan fingerprint density at radius 3 is 2.76 bits per heavy atom. The first-order valence-electron chi connectivity index (χ1n) is 7.10. The largest absolute Gasteiger partial charge is 0.396 e. The zero-order chi connectivity index (χ0) is 11.8. The third-order valence-corrected chi connectivity index (χ3v) is 5.44. The number of hydrogen-bond acceptors (Lipinski definition) is 3. The number of fused-ring (bicyclic) bond motifs is 2. The van der Waals surface area contributed by atoms with Crippen molar-refractivity contribution in [3.8, 4) is 0 Å². The van der Waals surface area contributed by atoms with Crippen LogP contribution < -0.4 is 0 Å². The highest BCUT2D eigenvalue weighted by molar-refractivity contribution is 4.96. The van der Waals surface area contributed by atoms with Gasteiger partial charge in [0.1, 0.15) is 0 Å². The van der Waals surface area contributed by atoms with Gasteiger partial charge in [-0.15, -0.1) is 0 Å². The zero-order valence-corrected chi connectivity index (χ0v) is 10.7. The Labute approximate surface area is 103 Å². The van der Waals surface area contributed by atoms with E-state index in [2.05, 4.69) is 0 Å². The van der Waals surface area contributed by atoms with Gasteiger partial charge in [-0.2, -0.15) is 0 Å². The van der Waals surface area contributed by atoms with Gasteiger partial charge >= 0.3 is 0 Å². The monoisotopic (exact) mass is 240 g/mol. The Balaban J connectivity index is 1.80. The first-order valence-corrected chi connectivity index (χ1v) is 7.10. The van der Waals surface area contributed by atoms with Crippen molar-refractivity contribution >= 4 is 0 Å². The lowest BCUT2D eigenvalue weighted by atomic mass is 9.58. The fourth-order valence-corrected chi connectivity index (χ4v) is 4.66. The van der Waals surface area contributed by atoms with E-state index < -0.39 is 0 Å². The molecule has 2 saturated carbocycles. The number of rotatable bonds is 2. The van der Waals surface area contributed by atoms with E-state index in [0.29, 0.717) is 24.4 Å². The molecular formula is C14H24O3. The predicted molar refractivity (Wildman–Crippen MR) is 64.4 cm³/mol. The van der Waals surface area contributed by atoms with Gasteiger partial charge in [0.15, 0.2) is 6.29 Å². The van der Waals surface area contributed by atoms with Crippen LogP contribution in [0.25, 0.3) is 0 Å². The lowest BCUT2D eigenvalue weighted by Crippen LogP contribution is -2.44. The molecule has 98 valence electrons. The van der Waals surface area contributed by atoms with Crippen LogP contribution in [0.4, 0.5) is 0 Å². The van der Waals surface area contributed by atoms with Gasteiger partial charge in [0.25, 0.3) is 0 Å². The lowest BCUT2D eigenvalue weighted by Gasteiger charge is -2.46. The van der Waals surface area contributed by atoms with Crippen molar-refractivity contribution < 1.29 is 14.6 Å². The summed E-state index contributed by atoms with van der Waals surface area (Å²) in [4.78, 5) is 0. The summed E-state index contributed by atoms with van der Waals surface area (Å²) in [5.41, 5.74) is 0. The highest BCUT2D eigenvalue weighted by atomic mass is 16.7. The van der Waals surface area contributed by atoms with Gasteiger partial charge in [0.05, 0.1) is 6.61 Å². The van der Waals surface area contributed by atoms with E-state index in [-0.39, 0.29) is 6.29 Å². The zero-order valence-electron chi connectivity index (χ0n) is 10.7. The van der Waals surface area contributed by atoms with E-state index >= 15 is 0 Å². The third-order valence-electron chi connectivity index (χ3n) is 5.44. The first-order chi connectivity index (χ1) is 8.35. The van der Waals surface area contributed by atoms with Crippen molar-refractivity contribution in [2.24, 2.45) is 29.6 Å². The summed E-state index contributed by atoms with van der Waals surface area (Å²) in [5, 5.41) is 9.74. The van der Waals surface area contributed by atoms with E-state index in [1.807, 2.05) is 0 Å². The molecule has 6 atom stereocenters. The number of aliphatic hydroxyl groups excluding tert-OH is 1. The molecule has 3 rings (SSSR count). The topological polar surface area (TPSA) is 38.7 Å². The van der Waals surface area contributed by atoms with Crippen LogP contribution in [-0.2, 0) is 9.47 Å². The molecule has 3 aliphatic rings. The number of hydrogen-bond donors (Lipinski definition) is 1. The van der Waals surface area contributed by atoms with E-state index in [4.69, 9.17) is 9.47 Å². The van der Waals surface area contributed by atoms with E-state index in [1.165, 1.54) is 32.1 Å². The molecule has 0 unspecified atom stereocenters. The molecule has 1 N–H and O–H groups in total. The van der Waals surface area contributed by atoms with Crippen molar-refractivity contribution in [3.63, 3.8) is 0 Å². The van der Waals surface area contributed by atoms with Gasteiger partial charge in [-0.05, 0) is 36.5 Å². The van der Waals surface area contributed by atoms with Crippen LogP contribution in [0.5, 0.6) is 0 Å². The Bertz CT molecular complexity index is 268. The van der Waals surface area contributed by atoms with E-state index in [0.717, 1.165) is 18.4 Å². The minimum Gasteiger partial charge on any atom is -0.396 e. The van der Waals surface area contributed by atoms with Gasteiger partial charge in [0.2, 0.25) is 0 Å². The van der Waals surface area contributed by atoms with Crippen molar-refractivity contribution in [2.75, 3.05) is 20.3 Å². The number of ether oxygens (including phenoxy) is 2. The molecule has 3 nitrogen and oxygen atoms in total. The minimum atomic E-state index is -0.0167. The van der Waals surface area contributed by atoms with Crippen LogP contribution in [0, 0.1) is 29.6 Å². The quantitative estimate of drug-likeness (QED) is 0.802. The summed E-state index contributed by atoms with van der Waals surface area (Å²) in [6.07, 6.45) is 6.62. The van der Waals surface area contributed by atoms with Crippen LogP contribution in [0.2, 0.25) is 0 Å². The maximum atomic E-state index is 9.74. The standard InChI is InChI=1S/C14H24O3/c1-16-14-11-6-9-4-2-3-5-10(9)12(7-15)13(11)8-17-14/h9-15H,2-8H2,1H3/t9-,10+,11+,12-,13+,14+/m0/s1. The summed E-state index contributed by atoms with van der Waals surface area (Å²) < 4.78 is 11.2. The Kier molecular flexibility index (Phi) is 3.42. The summed E-state index contributed by atoms with van der Waals surface area (Å²) in [5.74, 6) is 3.07. The molecule has 3 heteroatoms. The fourth-order valence-electron chi connectivity index (χ4n) is 4.66. The summed E-state index contributed by atoms with van der Waals surface area (Å²) in [6, 6.07) is 0. The maximum Gasteiger partial charge on any atom is 0.160 e. The lowest BCUT2D eigenvalue weighted by molar-refractivity contribution is -0.120. The number of aliphatic hydroxyl groups is 1. The molecule has 0 aromatic rings. The van der Waals surface area contributed by atoms with Crippen molar-refractivity contribution in [1.82, 2.24) is 0 Å². The minimum absolute atomic E-state index is 0.0167. The predicted octanol–water partition coefficient (Wildman–Crippen LogP) is 2.04. The normalized spacial score (nSPS) is 49.8. The fraction of sp³-hybridized carbons (Fsp3) is 1.00.